The second-order valence-electron chi connectivity index (χ2n) is 5.54. The fourth-order valence-corrected chi connectivity index (χ4v) is 2.90. The maximum Gasteiger partial charge on any atom is 0.225 e. The van der Waals surface area contributed by atoms with E-state index in [0.29, 0.717) is 12.5 Å². The van der Waals surface area contributed by atoms with Crippen molar-refractivity contribution in [2.24, 2.45) is 5.92 Å². The van der Waals surface area contributed by atoms with Gasteiger partial charge in [-0.3, -0.25) is 4.79 Å². The number of carbonyl (C=O) groups excluding carboxylic acids is 1. The summed E-state index contributed by atoms with van der Waals surface area (Å²) in [5, 5.41) is 0. The maximum atomic E-state index is 12.6. The molecule has 1 fully saturated rings. The fourth-order valence-electron chi connectivity index (χ4n) is 2.90. The maximum absolute atomic E-state index is 12.6. The summed E-state index contributed by atoms with van der Waals surface area (Å²) in [7, 11) is 1.67. The fraction of sp³-hybridized carbons (Fsp3) is 0.588. The molecule has 1 aromatic rings. The molecule has 0 aliphatic heterocycles. The Labute approximate surface area is 121 Å². The first-order chi connectivity index (χ1) is 9.74. The van der Waals surface area contributed by atoms with E-state index in [0.717, 1.165) is 30.7 Å². The third-order valence-electron chi connectivity index (χ3n) is 4.18. The zero-order chi connectivity index (χ0) is 14.4. The molecule has 110 valence electrons. The second kappa shape index (κ2) is 7.32. The number of amides is 1. The molecule has 1 aliphatic carbocycles. The first-order valence-corrected chi connectivity index (χ1v) is 7.66. The molecule has 0 atom stereocenters. The molecular formula is C17H25NO2. The molecule has 1 amide bonds. The highest BCUT2D eigenvalue weighted by Crippen LogP contribution is 2.26. The molecule has 0 bridgehead atoms. The van der Waals surface area contributed by atoms with Gasteiger partial charge < -0.3 is 9.64 Å². The van der Waals surface area contributed by atoms with Crippen LogP contribution in [0.5, 0.6) is 5.75 Å². The third kappa shape index (κ3) is 3.75. The minimum Gasteiger partial charge on any atom is -0.497 e. The van der Waals surface area contributed by atoms with Gasteiger partial charge in [0.2, 0.25) is 5.91 Å². The summed E-state index contributed by atoms with van der Waals surface area (Å²) < 4.78 is 5.16. The van der Waals surface area contributed by atoms with Crippen LogP contribution in [0.15, 0.2) is 24.3 Å². The van der Waals surface area contributed by atoms with Gasteiger partial charge in [-0.25, -0.2) is 0 Å². The molecule has 20 heavy (non-hydrogen) atoms. The van der Waals surface area contributed by atoms with Crippen molar-refractivity contribution < 1.29 is 9.53 Å². The SMILES string of the molecule is CCN(Cc1ccc(OC)cc1)C(=O)C1CCCCC1. The van der Waals surface area contributed by atoms with Crippen LogP contribution < -0.4 is 4.74 Å². The Morgan fingerprint density at radius 1 is 1.20 bits per heavy atom. The van der Waals surface area contributed by atoms with Gasteiger partial charge >= 0.3 is 0 Å². The quantitative estimate of drug-likeness (QED) is 0.821. The summed E-state index contributed by atoms with van der Waals surface area (Å²) >= 11 is 0. The Bertz CT molecular complexity index is 421. The van der Waals surface area contributed by atoms with Crippen LogP contribution in [0.25, 0.3) is 0 Å². The monoisotopic (exact) mass is 275 g/mol. The molecular weight excluding hydrogens is 250 g/mol. The van der Waals surface area contributed by atoms with Gasteiger partial charge in [0.25, 0.3) is 0 Å². The van der Waals surface area contributed by atoms with Crippen molar-refractivity contribution >= 4 is 5.91 Å². The van der Waals surface area contributed by atoms with E-state index in [1.165, 1.54) is 19.3 Å². The van der Waals surface area contributed by atoms with Crippen LogP contribution in [0.3, 0.4) is 0 Å². The van der Waals surface area contributed by atoms with Crippen LogP contribution >= 0.6 is 0 Å². The molecule has 0 heterocycles. The number of methoxy groups -OCH3 is 1. The molecule has 1 aromatic carbocycles. The molecule has 0 N–H and O–H groups in total. The highest BCUT2D eigenvalue weighted by molar-refractivity contribution is 5.78. The van der Waals surface area contributed by atoms with Gasteiger partial charge in [0, 0.05) is 19.0 Å². The number of hydrogen-bond donors (Lipinski definition) is 0. The van der Waals surface area contributed by atoms with Crippen molar-refractivity contribution in [1.29, 1.82) is 0 Å². The molecule has 3 heteroatoms. The summed E-state index contributed by atoms with van der Waals surface area (Å²) in [5.41, 5.74) is 1.16. The van der Waals surface area contributed by atoms with Gasteiger partial charge in [-0.05, 0) is 37.5 Å². The average molecular weight is 275 g/mol. The molecule has 0 saturated heterocycles. The standard InChI is InChI=1S/C17H25NO2/c1-3-18(17(19)15-7-5-4-6-8-15)13-14-9-11-16(20-2)12-10-14/h9-12,15H,3-8,13H2,1-2H3. The Balaban J connectivity index is 1.97. The normalized spacial score (nSPS) is 15.9. The van der Waals surface area contributed by atoms with Crippen molar-refractivity contribution in [3.05, 3.63) is 29.8 Å². The Hall–Kier alpha value is -1.51. The Morgan fingerprint density at radius 2 is 1.85 bits per heavy atom. The average Bonchev–Trinajstić information content (AvgIpc) is 2.53. The van der Waals surface area contributed by atoms with Crippen LogP contribution in [-0.2, 0) is 11.3 Å². The molecule has 2 rings (SSSR count). The van der Waals surface area contributed by atoms with Crippen molar-refractivity contribution in [1.82, 2.24) is 4.90 Å². The Kier molecular flexibility index (Phi) is 5.45. The topological polar surface area (TPSA) is 29.5 Å². The molecule has 0 spiro atoms. The van der Waals surface area contributed by atoms with Crippen LogP contribution in [0, 0.1) is 5.92 Å². The van der Waals surface area contributed by atoms with Crippen LogP contribution in [0.4, 0.5) is 0 Å². The van der Waals surface area contributed by atoms with E-state index in [9.17, 15) is 4.79 Å². The zero-order valence-electron chi connectivity index (χ0n) is 12.6. The molecule has 0 radical (unpaired) electrons. The number of rotatable bonds is 5. The van der Waals surface area contributed by atoms with E-state index in [1.54, 1.807) is 7.11 Å². The lowest BCUT2D eigenvalue weighted by atomic mass is 9.88. The predicted octanol–water partition coefficient (Wildman–Crippen LogP) is 3.62. The first-order valence-electron chi connectivity index (χ1n) is 7.66. The van der Waals surface area contributed by atoms with Crippen LogP contribution in [0.2, 0.25) is 0 Å². The first kappa shape index (κ1) is 14.9. The van der Waals surface area contributed by atoms with E-state index in [-0.39, 0.29) is 5.92 Å². The number of hydrogen-bond acceptors (Lipinski definition) is 2. The minimum atomic E-state index is 0.252. The van der Waals surface area contributed by atoms with Gasteiger partial charge in [0.15, 0.2) is 0 Å². The largest absolute Gasteiger partial charge is 0.497 e. The van der Waals surface area contributed by atoms with E-state index < -0.39 is 0 Å². The highest BCUT2D eigenvalue weighted by atomic mass is 16.5. The van der Waals surface area contributed by atoms with Gasteiger partial charge in [0.05, 0.1) is 7.11 Å². The van der Waals surface area contributed by atoms with Crippen molar-refractivity contribution in [3.63, 3.8) is 0 Å². The summed E-state index contributed by atoms with van der Waals surface area (Å²) in [4.78, 5) is 14.5. The number of nitrogens with zero attached hydrogens (tertiary/aromatic N) is 1. The molecule has 1 aliphatic rings. The summed E-state index contributed by atoms with van der Waals surface area (Å²) in [6, 6.07) is 7.98. The van der Waals surface area contributed by atoms with E-state index in [2.05, 4.69) is 6.92 Å². The second-order valence-corrected chi connectivity index (χ2v) is 5.54. The molecule has 3 nitrogen and oxygen atoms in total. The van der Waals surface area contributed by atoms with Gasteiger partial charge in [0.1, 0.15) is 5.75 Å². The minimum absolute atomic E-state index is 0.252. The smallest absolute Gasteiger partial charge is 0.225 e. The van der Waals surface area contributed by atoms with E-state index >= 15 is 0 Å². The van der Waals surface area contributed by atoms with Crippen LogP contribution in [-0.4, -0.2) is 24.5 Å². The lowest BCUT2D eigenvalue weighted by Gasteiger charge is -2.28. The van der Waals surface area contributed by atoms with Crippen LogP contribution in [0.1, 0.15) is 44.6 Å². The van der Waals surface area contributed by atoms with E-state index in [4.69, 9.17) is 4.74 Å². The lowest BCUT2D eigenvalue weighted by Crippen LogP contribution is -2.36. The summed E-state index contributed by atoms with van der Waals surface area (Å²) in [6.45, 7) is 3.54. The van der Waals surface area contributed by atoms with Crippen molar-refractivity contribution in [2.75, 3.05) is 13.7 Å². The molecule has 0 aromatic heterocycles. The summed E-state index contributed by atoms with van der Waals surface area (Å²) in [5.74, 6) is 1.44. The van der Waals surface area contributed by atoms with E-state index in [1.807, 2.05) is 29.2 Å². The molecule has 1 saturated carbocycles. The van der Waals surface area contributed by atoms with Gasteiger partial charge in [-0.15, -0.1) is 0 Å². The third-order valence-corrected chi connectivity index (χ3v) is 4.18. The highest BCUT2D eigenvalue weighted by Gasteiger charge is 2.25. The van der Waals surface area contributed by atoms with Gasteiger partial charge in [-0.1, -0.05) is 31.4 Å². The number of carbonyl (C=O) groups is 1. The van der Waals surface area contributed by atoms with Crippen molar-refractivity contribution in [3.8, 4) is 5.75 Å². The van der Waals surface area contributed by atoms with Crippen molar-refractivity contribution in [2.45, 2.75) is 45.6 Å². The number of benzene rings is 1. The lowest BCUT2D eigenvalue weighted by molar-refractivity contribution is -0.137. The number of ether oxygens (including phenoxy) is 1. The Morgan fingerprint density at radius 3 is 2.40 bits per heavy atom. The van der Waals surface area contributed by atoms with Gasteiger partial charge in [-0.2, -0.15) is 0 Å². The summed E-state index contributed by atoms with van der Waals surface area (Å²) in [6.07, 6.45) is 5.83. The zero-order valence-corrected chi connectivity index (χ0v) is 12.6. The predicted molar refractivity (Wildman–Crippen MR) is 80.7 cm³/mol. The molecule has 0 unspecified atom stereocenters.